The topological polar surface area (TPSA) is 103 Å². The largest absolute Gasteiger partial charge is 0.355 e. The molecule has 9 heteroatoms. The zero-order chi connectivity index (χ0) is 18.1. The van der Waals surface area contributed by atoms with E-state index in [1.807, 2.05) is 24.7 Å². The Morgan fingerprint density at radius 1 is 1.42 bits per heavy atom. The summed E-state index contributed by atoms with van der Waals surface area (Å²) < 4.78 is 9.05. The van der Waals surface area contributed by atoms with Crippen LogP contribution in [-0.2, 0) is 26.7 Å². The summed E-state index contributed by atoms with van der Waals surface area (Å²) in [6, 6.07) is 3.65. The highest BCUT2D eigenvalue weighted by molar-refractivity contribution is 5.93. The van der Waals surface area contributed by atoms with Gasteiger partial charge in [0.05, 0.1) is 29.7 Å². The maximum absolute atomic E-state index is 12.3. The molecule has 0 aromatic carbocycles. The number of aryl methyl sites for hydroxylation is 2. The van der Waals surface area contributed by atoms with Crippen molar-refractivity contribution in [1.29, 1.82) is 0 Å². The molecule has 26 heavy (non-hydrogen) atoms. The van der Waals surface area contributed by atoms with E-state index in [0.717, 1.165) is 48.7 Å². The van der Waals surface area contributed by atoms with Gasteiger partial charge >= 0.3 is 0 Å². The van der Waals surface area contributed by atoms with E-state index < -0.39 is 0 Å². The minimum atomic E-state index is -0.289. The van der Waals surface area contributed by atoms with Crippen molar-refractivity contribution in [2.45, 2.75) is 33.0 Å². The van der Waals surface area contributed by atoms with Crippen molar-refractivity contribution in [3.63, 3.8) is 0 Å². The number of carbonyl (C=O) groups is 1. The molecule has 0 radical (unpaired) electrons. The SMILES string of the molecule is Cc1c(-c2cc(C(=O)NCc3cc4n(n3)CCCNC4)no2)cnn1C. The lowest BCUT2D eigenvalue weighted by Gasteiger charge is -2.00. The first-order valence-electron chi connectivity index (χ1n) is 8.62. The molecule has 0 fully saturated rings. The lowest BCUT2D eigenvalue weighted by Crippen LogP contribution is -2.23. The van der Waals surface area contributed by atoms with Gasteiger partial charge in [-0.25, -0.2) is 0 Å². The number of aromatic nitrogens is 5. The van der Waals surface area contributed by atoms with Gasteiger partial charge in [0, 0.05) is 31.9 Å². The summed E-state index contributed by atoms with van der Waals surface area (Å²) in [6.45, 7) is 4.99. The summed E-state index contributed by atoms with van der Waals surface area (Å²) in [5.74, 6) is 0.239. The van der Waals surface area contributed by atoms with Gasteiger partial charge in [0.15, 0.2) is 11.5 Å². The predicted octanol–water partition coefficient (Wildman–Crippen LogP) is 1.00. The molecule has 4 rings (SSSR count). The quantitative estimate of drug-likeness (QED) is 0.724. The molecule has 0 atom stereocenters. The summed E-state index contributed by atoms with van der Waals surface area (Å²) in [6.07, 6.45) is 2.75. The van der Waals surface area contributed by atoms with Crippen LogP contribution in [0.15, 0.2) is 22.9 Å². The Labute approximate surface area is 150 Å². The van der Waals surface area contributed by atoms with Crippen molar-refractivity contribution >= 4 is 5.91 Å². The Morgan fingerprint density at radius 3 is 3.12 bits per heavy atom. The Hall–Kier alpha value is -2.94. The first kappa shape index (κ1) is 16.5. The molecule has 0 bridgehead atoms. The molecule has 0 spiro atoms. The van der Waals surface area contributed by atoms with Crippen LogP contribution in [0.5, 0.6) is 0 Å². The number of hydrogen-bond acceptors (Lipinski definition) is 6. The van der Waals surface area contributed by atoms with Gasteiger partial charge in [0.2, 0.25) is 0 Å². The second kappa shape index (κ2) is 6.75. The highest BCUT2D eigenvalue weighted by Crippen LogP contribution is 2.23. The van der Waals surface area contributed by atoms with E-state index in [-0.39, 0.29) is 11.6 Å². The van der Waals surface area contributed by atoms with E-state index in [1.165, 1.54) is 0 Å². The summed E-state index contributed by atoms with van der Waals surface area (Å²) in [4.78, 5) is 12.3. The third-order valence-electron chi connectivity index (χ3n) is 4.62. The van der Waals surface area contributed by atoms with E-state index in [2.05, 4.69) is 26.0 Å². The minimum Gasteiger partial charge on any atom is -0.355 e. The molecule has 0 unspecified atom stereocenters. The Bertz CT molecular complexity index is 913. The molecule has 3 aromatic heterocycles. The third kappa shape index (κ3) is 3.13. The summed E-state index contributed by atoms with van der Waals surface area (Å²) in [5, 5.41) is 18.8. The number of amides is 1. The number of hydrogen-bond donors (Lipinski definition) is 2. The van der Waals surface area contributed by atoms with E-state index >= 15 is 0 Å². The third-order valence-corrected chi connectivity index (χ3v) is 4.62. The maximum Gasteiger partial charge on any atom is 0.273 e. The average molecular weight is 355 g/mol. The minimum absolute atomic E-state index is 0.241. The van der Waals surface area contributed by atoms with Crippen LogP contribution in [-0.4, -0.2) is 37.2 Å². The second-order valence-electron chi connectivity index (χ2n) is 6.41. The van der Waals surface area contributed by atoms with E-state index in [4.69, 9.17) is 4.52 Å². The Kier molecular flexibility index (Phi) is 4.29. The van der Waals surface area contributed by atoms with Crippen LogP contribution >= 0.6 is 0 Å². The highest BCUT2D eigenvalue weighted by Gasteiger charge is 2.17. The number of nitrogens with zero attached hydrogens (tertiary/aromatic N) is 5. The van der Waals surface area contributed by atoms with Crippen LogP contribution in [0, 0.1) is 6.92 Å². The molecule has 1 aliphatic rings. The fourth-order valence-corrected chi connectivity index (χ4v) is 3.02. The first-order chi connectivity index (χ1) is 12.6. The molecule has 3 aromatic rings. The van der Waals surface area contributed by atoms with Crippen LogP contribution in [0.25, 0.3) is 11.3 Å². The number of nitrogens with one attached hydrogen (secondary N) is 2. The Morgan fingerprint density at radius 2 is 2.31 bits per heavy atom. The van der Waals surface area contributed by atoms with Gasteiger partial charge in [-0.2, -0.15) is 10.2 Å². The fourth-order valence-electron chi connectivity index (χ4n) is 3.02. The monoisotopic (exact) mass is 355 g/mol. The Balaban J connectivity index is 1.42. The van der Waals surface area contributed by atoms with Crippen LogP contribution in [0.2, 0.25) is 0 Å². The molecule has 136 valence electrons. The van der Waals surface area contributed by atoms with E-state index in [0.29, 0.717) is 12.3 Å². The molecular formula is C17H21N7O2. The molecular weight excluding hydrogens is 334 g/mol. The van der Waals surface area contributed by atoms with Crippen molar-refractivity contribution in [3.05, 3.63) is 41.1 Å². The molecule has 0 saturated heterocycles. The van der Waals surface area contributed by atoms with Crippen molar-refractivity contribution in [3.8, 4) is 11.3 Å². The average Bonchev–Trinajstić information content (AvgIpc) is 3.30. The van der Waals surface area contributed by atoms with Gasteiger partial charge in [-0.3, -0.25) is 14.2 Å². The first-order valence-corrected chi connectivity index (χ1v) is 8.62. The van der Waals surface area contributed by atoms with Crippen LogP contribution < -0.4 is 10.6 Å². The molecule has 0 aliphatic carbocycles. The lowest BCUT2D eigenvalue weighted by atomic mass is 10.2. The molecule has 9 nitrogen and oxygen atoms in total. The van der Waals surface area contributed by atoms with E-state index in [1.54, 1.807) is 16.9 Å². The van der Waals surface area contributed by atoms with Crippen molar-refractivity contribution in [2.75, 3.05) is 6.54 Å². The molecule has 2 N–H and O–H groups in total. The van der Waals surface area contributed by atoms with Gasteiger partial charge in [0.1, 0.15) is 0 Å². The van der Waals surface area contributed by atoms with Gasteiger partial charge in [-0.1, -0.05) is 5.16 Å². The van der Waals surface area contributed by atoms with Crippen LogP contribution in [0.1, 0.15) is 34.0 Å². The van der Waals surface area contributed by atoms with Crippen molar-refractivity contribution < 1.29 is 9.32 Å². The van der Waals surface area contributed by atoms with Crippen LogP contribution in [0.4, 0.5) is 0 Å². The summed E-state index contributed by atoms with van der Waals surface area (Å²) in [7, 11) is 1.85. The molecule has 1 amide bonds. The van der Waals surface area contributed by atoms with Gasteiger partial charge in [-0.15, -0.1) is 0 Å². The molecule has 4 heterocycles. The summed E-state index contributed by atoms with van der Waals surface area (Å²) in [5.41, 5.74) is 3.99. The number of carbonyl (C=O) groups excluding carboxylic acids is 1. The van der Waals surface area contributed by atoms with Crippen molar-refractivity contribution in [2.24, 2.45) is 7.05 Å². The predicted molar refractivity (Wildman–Crippen MR) is 93.2 cm³/mol. The fraction of sp³-hybridized carbons (Fsp3) is 0.412. The normalized spacial score (nSPS) is 14.1. The van der Waals surface area contributed by atoms with Gasteiger partial charge < -0.3 is 15.2 Å². The number of fused-ring (bicyclic) bond motifs is 1. The maximum atomic E-state index is 12.3. The van der Waals surface area contributed by atoms with Gasteiger partial charge in [-0.05, 0) is 26.0 Å². The lowest BCUT2D eigenvalue weighted by molar-refractivity contribution is 0.0941. The highest BCUT2D eigenvalue weighted by atomic mass is 16.5. The molecule has 1 aliphatic heterocycles. The van der Waals surface area contributed by atoms with Crippen molar-refractivity contribution in [1.82, 2.24) is 35.4 Å². The van der Waals surface area contributed by atoms with E-state index in [9.17, 15) is 4.79 Å². The summed E-state index contributed by atoms with van der Waals surface area (Å²) >= 11 is 0. The van der Waals surface area contributed by atoms with Crippen LogP contribution in [0.3, 0.4) is 0 Å². The zero-order valence-electron chi connectivity index (χ0n) is 14.8. The zero-order valence-corrected chi connectivity index (χ0v) is 14.8. The smallest absolute Gasteiger partial charge is 0.273 e. The number of rotatable bonds is 4. The molecule has 0 saturated carbocycles. The van der Waals surface area contributed by atoms with Gasteiger partial charge in [0.25, 0.3) is 5.91 Å². The standard InChI is InChI=1S/C17H21N7O2/c1-11-14(10-20-23(11)2)16-7-15(22-26-16)17(25)19-8-12-6-13-9-18-4-3-5-24(13)21-12/h6-7,10,18H,3-5,8-9H2,1-2H3,(H,19,25). The second-order valence-corrected chi connectivity index (χ2v) is 6.41.